The molecule has 0 aliphatic heterocycles. The van der Waals surface area contributed by atoms with Crippen molar-refractivity contribution in [3.63, 3.8) is 0 Å². The lowest BCUT2D eigenvalue weighted by molar-refractivity contribution is -0.384. The molecule has 0 bridgehead atoms. The number of benzene rings is 2. The van der Waals surface area contributed by atoms with Crippen molar-refractivity contribution in [2.24, 2.45) is 0 Å². The summed E-state index contributed by atoms with van der Waals surface area (Å²) in [5, 5.41) is 11.3. The van der Waals surface area contributed by atoms with Gasteiger partial charge in [0.15, 0.2) is 0 Å². The van der Waals surface area contributed by atoms with Gasteiger partial charge in [0.1, 0.15) is 0 Å². The molecule has 5 nitrogen and oxygen atoms in total. The minimum absolute atomic E-state index is 0.121. The lowest BCUT2D eigenvalue weighted by Crippen LogP contribution is -1.99. The number of hydrogen-bond acceptors (Lipinski definition) is 4. The highest BCUT2D eigenvalue weighted by atomic mass is 16.6. The summed E-state index contributed by atoms with van der Waals surface area (Å²) in [5.74, 6) is -0.184. The topological polar surface area (TPSA) is 69.4 Å². The maximum Gasteiger partial charge on any atom is 0.305 e. The van der Waals surface area contributed by atoms with Crippen molar-refractivity contribution in [3.05, 3.63) is 64.2 Å². The number of rotatable bonds is 8. The zero-order valence-electron chi connectivity index (χ0n) is 13.7. The summed E-state index contributed by atoms with van der Waals surface area (Å²) in [4.78, 5) is 22.0. The molecule has 24 heavy (non-hydrogen) atoms. The second-order valence-corrected chi connectivity index (χ2v) is 5.61. The summed E-state index contributed by atoms with van der Waals surface area (Å²) in [6.45, 7) is 0. The Labute approximate surface area is 141 Å². The number of nitrogens with zero attached hydrogens (tertiary/aromatic N) is 1. The Bertz CT molecular complexity index is 698. The molecule has 126 valence electrons. The zero-order valence-corrected chi connectivity index (χ0v) is 13.7. The number of methoxy groups -OCH3 is 1. The minimum Gasteiger partial charge on any atom is -0.469 e. The molecule has 2 aromatic carbocycles. The molecule has 5 heteroatoms. The van der Waals surface area contributed by atoms with Crippen LogP contribution in [0.4, 0.5) is 5.69 Å². The van der Waals surface area contributed by atoms with Crippen molar-refractivity contribution in [2.75, 3.05) is 7.11 Å². The highest BCUT2D eigenvalue weighted by Crippen LogP contribution is 2.31. The van der Waals surface area contributed by atoms with E-state index in [0.717, 1.165) is 36.8 Å². The SMILES string of the molecule is COC(=O)CCCCCc1ccc([N+](=O)[O-])c(-c2ccccc2)c1. The van der Waals surface area contributed by atoms with Gasteiger partial charge in [-0.25, -0.2) is 0 Å². The summed E-state index contributed by atoms with van der Waals surface area (Å²) in [6, 6.07) is 14.7. The van der Waals surface area contributed by atoms with Gasteiger partial charge in [0.25, 0.3) is 5.69 Å². The van der Waals surface area contributed by atoms with E-state index < -0.39 is 0 Å². The summed E-state index contributed by atoms with van der Waals surface area (Å²) in [7, 11) is 1.39. The fraction of sp³-hybridized carbons (Fsp3) is 0.316. The Morgan fingerprint density at radius 2 is 1.83 bits per heavy atom. The maximum absolute atomic E-state index is 11.3. The van der Waals surface area contributed by atoms with Crippen LogP contribution in [0.2, 0.25) is 0 Å². The number of aryl methyl sites for hydroxylation is 1. The molecule has 0 fully saturated rings. The van der Waals surface area contributed by atoms with E-state index in [9.17, 15) is 14.9 Å². The third-order valence-electron chi connectivity index (χ3n) is 3.92. The highest BCUT2D eigenvalue weighted by Gasteiger charge is 2.15. The van der Waals surface area contributed by atoms with E-state index >= 15 is 0 Å². The van der Waals surface area contributed by atoms with Crippen molar-refractivity contribution < 1.29 is 14.5 Å². The van der Waals surface area contributed by atoms with E-state index in [1.54, 1.807) is 6.07 Å². The number of ether oxygens (including phenoxy) is 1. The molecule has 0 aliphatic rings. The predicted octanol–water partition coefficient (Wildman–Crippen LogP) is 4.54. The molecule has 0 unspecified atom stereocenters. The molecule has 0 spiro atoms. The smallest absolute Gasteiger partial charge is 0.305 e. The molecule has 0 saturated carbocycles. The van der Waals surface area contributed by atoms with Crippen LogP contribution < -0.4 is 0 Å². The molecule has 0 atom stereocenters. The maximum atomic E-state index is 11.3. The van der Waals surface area contributed by atoms with E-state index in [2.05, 4.69) is 4.74 Å². The molecule has 0 amide bonds. The molecule has 0 saturated heterocycles. The highest BCUT2D eigenvalue weighted by molar-refractivity contribution is 5.74. The van der Waals surface area contributed by atoms with Crippen LogP contribution in [0, 0.1) is 10.1 Å². The van der Waals surface area contributed by atoms with E-state index in [4.69, 9.17) is 0 Å². The first-order chi connectivity index (χ1) is 11.6. The van der Waals surface area contributed by atoms with Gasteiger partial charge >= 0.3 is 5.97 Å². The molecular weight excluding hydrogens is 306 g/mol. The Morgan fingerprint density at radius 3 is 2.50 bits per heavy atom. The average Bonchev–Trinajstić information content (AvgIpc) is 2.61. The van der Waals surface area contributed by atoms with Crippen LogP contribution in [-0.4, -0.2) is 18.0 Å². The fourth-order valence-corrected chi connectivity index (χ4v) is 2.62. The first-order valence-electron chi connectivity index (χ1n) is 8.01. The fourth-order valence-electron chi connectivity index (χ4n) is 2.62. The van der Waals surface area contributed by atoms with Gasteiger partial charge in [-0.1, -0.05) is 42.8 Å². The Kier molecular flexibility index (Phi) is 6.49. The van der Waals surface area contributed by atoms with E-state index in [1.807, 2.05) is 42.5 Å². The molecular formula is C19H21NO4. The summed E-state index contributed by atoms with van der Waals surface area (Å²) in [5.41, 5.74) is 2.68. The molecule has 2 aromatic rings. The molecule has 0 aromatic heterocycles. The van der Waals surface area contributed by atoms with Crippen LogP contribution in [0.5, 0.6) is 0 Å². The average molecular weight is 327 g/mol. The zero-order chi connectivity index (χ0) is 17.4. The van der Waals surface area contributed by atoms with Gasteiger partial charge in [-0.3, -0.25) is 14.9 Å². The number of carbonyl (C=O) groups excluding carboxylic acids is 1. The van der Waals surface area contributed by atoms with Crippen molar-refractivity contribution in [1.82, 2.24) is 0 Å². The van der Waals surface area contributed by atoms with Crippen LogP contribution in [-0.2, 0) is 16.0 Å². The van der Waals surface area contributed by atoms with Crippen LogP contribution in [0.3, 0.4) is 0 Å². The Balaban J connectivity index is 2.04. The van der Waals surface area contributed by atoms with Crippen LogP contribution in [0.25, 0.3) is 11.1 Å². The van der Waals surface area contributed by atoms with Crippen LogP contribution in [0.15, 0.2) is 48.5 Å². The number of unbranched alkanes of at least 4 members (excludes halogenated alkanes) is 2. The normalized spacial score (nSPS) is 10.4. The van der Waals surface area contributed by atoms with Gasteiger partial charge in [0, 0.05) is 12.5 Å². The van der Waals surface area contributed by atoms with Gasteiger partial charge in [-0.15, -0.1) is 0 Å². The third-order valence-corrected chi connectivity index (χ3v) is 3.92. The van der Waals surface area contributed by atoms with Gasteiger partial charge in [0.05, 0.1) is 17.6 Å². The quantitative estimate of drug-likeness (QED) is 0.309. The first kappa shape index (κ1) is 17.7. The number of esters is 1. The standard InChI is InChI=1S/C19H21NO4/c1-24-19(21)11-7-2-4-8-15-12-13-18(20(22)23)17(14-15)16-9-5-3-6-10-16/h3,5-6,9-10,12-14H,2,4,7-8,11H2,1H3. The van der Waals surface area contributed by atoms with Gasteiger partial charge in [-0.2, -0.15) is 0 Å². The van der Waals surface area contributed by atoms with Crippen molar-refractivity contribution in [3.8, 4) is 11.1 Å². The number of carbonyl (C=O) groups is 1. The first-order valence-corrected chi connectivity index (χ1v) is 8.01. The van der Waals surface area contributed by atoms with Crippen LogP contribution >= 0.6 is 0 Å². The van der Waals surface area contributed by atoms with Gasteiger partial charge < -0.3 is 4.74 Å². The number of hydrogen-bond donors (Lipinski definition) is 0. The molecule has 0 radical (unpaired) electrons. The second-order valence-electron chi connectivity index (χ2n) is 5.61. The van der Waals surface area contributed by atoms with Crippen LogP contribution in [0.1, 0.15) is 31.2 Å². The number of nitro groups is 1. The molecule has 0 aliphatic carbocycles. The van der Waals surface area contributed by atoms with Gasteiger partial charge in [-0.05, 0) is 36.5 Å². The second kappa shape index (κ2) is 8.82. The van der Waals surface area contributed by atoms with Crippen molar-refractivity contribution >= 4 is 11.7 Å². The van der Waals surface area contributed by atoms with Gasteiger partial charge in [0.2, 0.25) is 0 Å². The molecule has 0 heterocycles. The monoisotopic (exact) mass is 327 g/mol. The lowest BCUT2D eigenvalue weighted by atomic mass is 9.98. The van der Waals surface area contributed by atoms with Crippen molar-refractivity contribution in [2.45, 2.75) is 32.1 Å². The van der Waals surface area contributed by atoms with E-state index in [-0.39, 0.29) is 16.6 Å². The summed E-state index contributed by atoms with van der Waals surface area (Å²) in [6.07, 6.45) is 3.92. The Morgan fingerprint density at radius 1 is 1.08 bits per heavy atom. The third kappa shape index (κ3) is 4.91. The summed E-state index contributed by atoms with van der Waals surface area (Å²) >= 11 is 0. The largest absolute Gasteiger partial charge is 0.469 e. The Hall–Kier alpha value is -2.69. The molecule has 2 rings (SSSR count). The van der Waals surface area contributed by atoms with E-state index in [1.165, 1.54) is 7.11 Å². The number of nitro benzene ring substituents is 1. The minimum atomic E-state index is -0.345. The van der Waals surface area contributed by atoms with E-state index in [0.29, 0.717) is 12.0 Å². The summed E-state index contributed by atoms with van der Waals surface area (Å²) < 4.78 is 4.61. The lowest BCUT2D eigenvalue weighted by Gasteiger charge is -2.07. The van der Waals surface area contributed by atoms with Crippen molar-refractivity contribution in [1.29, 1.82) is 0 Å². The predicted molar refractivity (Wildman–Crippen MR) is 92.7 cm³/mol. The molecule has 0 N–H and O–H groups in total.